The molecule has 8 heteroatoms. The number of fused-ring (bicyclic) bond motifs is 1. The third kappa shape index (κ3) is 5.06. The lowest BCUT2D eigenvalue weighted by Crippen LogP contribution is -2.28. The Labute approximate surface area is 251 Å². The Bertz CT molecular complexity index is 1880. The first-order valence-corrected chi connectivity index (χ1v) is 14.5. The van der Waals surface area contributed by atoms with Gasteiger partial charge in [-0.3, -0.25) is 4.98 Å². The maximum atomic E-state index is 12.9. The van der Waals surface area contributed by atoms with E-state index >= 15 is 0 Å². The van der Waals surface area contributed by atoms with Crippen molar-refractivity contribution in [2.24, 2.45) is 0 Å². The van der Waals surface area contributed by atoms with Gasteiger partial charge in [0.05, 0.1) is 17.7 Å². The van der Waals surface area contributed by atoms with Crippen LogP contribution in [-0.2, 0) is 16.0 Å². The van der Waals surface area contributed by atoms with Gasteiger partial charge in [-0.05, 0) is 91.4 Å². The zero-order valence-corrected chi connectivity index (χ0v) is 25.6. The van der Waals surface area contributed by atoms with E-state index in [1.807, 2.05) is 83.5 Å². The average Bonchev–Trinajstić information content (AvgIpc) is 2.96. The molecule has 43 heavy (non-hydrogen) atoms. The van der Waals surface area contributed by atoms with Crippen LogP contribution in [0.2, 0.25) is 0 Å². The van der Waals surface area contributed by atoms with Crippen LogP contribution in [0, 0.1) is 13.8 Å². The van der Waals surface area contributed by atoms with Gasteiger partial charge in [-0.2, -0.15) is 0 Å². The summed E-state index contributed by atoms with van der Waals surface area (Å²) in [6.45, 7) is 10.3. The van der Waals surface area contributed by atoms with Crippen molar-refractivity contribution in [1.82, 2.24) is 15.0 Å². The van der Waals surface area contributed by atoms with E-state index in [2.05, 4.69) is 35.1 Å². The summed E-state index contributed by atoms with van der Waals surface area (Å²) < 4.78 is 12.3. The Morgan fingerprint density at radius 2 is 1.72 bits per heavy atom. The Hall–Kier alpha value is -4.56. The molecule has 0 spiro atoms. The smallest absolute Gasteiger partial charge is 0.337 e. The fourth-order valence-corrected chi connectivity index (χ4v) is 6.09. The second kappa shape index (κ2) is 10.6. The van der Waals surface area contributed by atoms with Gasteiger partial charge < -0.3 is 19.5 Å². The number of aromatic nitrogens is 3. The highest BCUT2D eigenvalue weighted by Gasteiger charge is 2.33. The maximum Gasteiger partial charge on any atom is 0.337 e. The molecule has 0 saturated carbocycles. The molecule has 0 bridgehead atoms. The molecule has 0 saturated heterocycles. The molecule has 1 N–H and O–H groups in total. The van der Waals surface area contributed by atoms with Gasteiger partial charge >= 0.3 is 5.97 Å². The number of rotatable bonds is 6. The minimum absolute atomic E-state index is 0.617. The fraction of sp³-hybridized carbons (Fsp3) is 0.314. The molecule has 5 aromatic rings. The van der Waals surface area contributed by atoms with Gasteiger partial charge in [0, 0.05) is 61.2 Å². The number of carboxylic acid groups (broad SMARTS) is 1. The summed E-state index contributed by atoms with van der Waals surface area (Å²) in [6.07, 6.45) is 5.11. The first kappa shape index (κ1) is 28.6. The summed E-state index contributed by atoms with van der Waals surface area (Å²) in [6, 6.07) is 12.2. The van der Waals surface area contributed by atoms with Gasteiger partial charge in [-0.1, -0.05) is 18.2 Å². The molecule has 0 fully saturated rings. The van der Waals surface area contributed by atoms with Crippen molar-refractivity contribution >= 4 is 33.6 Å². The lowest BCUT2D eigenvalue weighted by Gasteiger charge is -2.29. The van der Waals surface area contributed by atoms with E-state index in [9.17, 15) is 9.90 Å². The molecule has 0 radical (unpaired) electrons. The highest BCUT2D eigenvalue weighted by Crippen LogP contribution is 2.46. The third-order valence-corrected chi connectivity index (χ3v) is 7.98. The SMILES string of the molecule is Cc1cc2c(C)c(-c3cnc(N(C)C)nc3)ccc2c(-c2ccc3c4c(ccnc24)CCO3)c1C(OC(C)(C)C)C(=O)O. The van der Waals surface area contributed by atoms with E-state index < -0.39 is 17.7 Å². The normalized spacial score (nSPS) is 13.7. The van der Waals surface area contributed by atoms with Gasteiger partial charge in [0.2, 0.25) is 5.95 Å². The van der Waals surface area contributed by atoms with Gasteiger partial charge in [-0.15, -0.1) is 0 Å². The number of anilines is 1. The number of carboxylic acids is 1. The molecule has 3 aromatic carbocycles. The van der Waals surface area contributed by atoms with E-state index in [1.54, 1.807) is 0 Å². The minimum atomic E-state index is -1.19. The van der Waals surface area contributed by atoms with E-state index in [0.29, 0.717) is 18.1 Å². The van der Waals surface area contributed by atoms with Gasteiger partial charge in [0.25, 0.3) is 0 Å². The van der Waals surface area contributed by atoms with E-state index in [4.69, 9.17) is 14.5 Å². The summed E-state index contributed by atoms with van der Waals surface area (Å²) in [5.74, 6) is 0.402. The van der Waals surface area contributed by atoms with Crippen LogP contribution in [-0.4, -0.2) is 52.3 Å². The number of aliphatic carboxylic acids is 1. The molecule has 0 aliphatic carbocycles. The Balaban J connectivity index is 1.68. The number of ether oxygens (including phenoxy) is 2. The standard InChI is InChI=1S/C35H36N4O4/c1-19-16-26-20(2)23(22-17-37-34(38-18-22)39(6)7)8-9-24(26)30(28(19)32(33(40)41)43-35(3,4)5)25-10-11-27-29-21(13-15-42-27)12-14-36-31(25)29/h8-12,14,16-18,32H,13,15H2,1-7H3,(H,40,41). The van der Waals surface area contributed by atoms with Crippen LogP contribution in [0.3, 0.4) is 0 Å². The highest BCUT2D eigenvalue weighted by atomic mass is 16.5. The second-order valence-corrected chi connectivity index (χ2v) is 12.3. The first-order chi connectivity index (χ1) is 20.4. The van der Waals surface area contributed by atoms with Crippen LogP contribution in [0.4, 0.5) is 5.95 Å². The predicted octanol–water partition coefficient (Wildman–Crippen LogP) is 7.07. The fourth-order valence-electron chi connectivity index (χ4n) is 6.09. The van der Waals surface area contributed by atoms with Gasteiger partial charge in [0.1, 0.15) is 5.75 Å². The topological polar surface area (TPSA) is 97.7 Å². The van der Waals surface area contributed by atoms with Crippen molar-refractivity contribution in [3.63, 3.8) is 0 Å². The van der Waals surface area contributed by atoms with Crippen molar-refractivity contribution in [2.75, 3.05) is 25.6 Å². The molecule has 2 aromatic heterocycles. The molecular formula is C35H36N4O4. The van der Waals surface area contributed by atoms with E-state index in [0.717, 1.165) is 67.2 Å². The predicted molar refractivity (Wildman–Crippen MR) is 170 cm³/mol. The number of hydrogen-bond donors (Lipinski definition) is 1. The molecule has 1 aliphatic heterocycles. The average molecular weight is 577 g/mol. The first-order valence-electron chi connectivity index (χ1n) is 14.5. The Morgan fingerprint density at radius 1 is 1.00 bits per heavy atom. The summed E-state index contributed by atoms with van der Waals surface area (Å²) in [5, 5.41) is 13.5. The molecule has 6 rings (SSSR count). The van der Waals surface area contributed by atoms with Crippen LogP contribution in [0.15, 0.2) is 55.0 Å². The third-order valence-electron chi connectivity index (χ3n) is 7.98. The lowest BCUT2D eigenvalue weighted by atomic mass is 9.83. The monoisotopic (exact) mass is 576 g/mol. The highest BCUT2D eigenvalue weighted by molar-refractivity contribution is 6.10. The number of pyridine rings is 1. The zero-order valence-electron chi connectivity index (χ0n) is 25.6. The number of hydrogen-bond acceptors (Lipinski definition) is 7. The number of benzene rings is 3. The van der Waals surface area contributed by atoms with E-state index in [-0.39, 0.29) is 0 Å². The molecular weight excluding hydrogens is 540 g/mol. The van der Waals surface area contributed by atoms with Crippen molar-refractivity contribution < 1.29 is 19.4 Å². The summed E-state index contributed by atoms with van der Waals surface area (Å²) >= 11 is 0. The maximum absolute atomic E-state index is 12.9. The molecule has 1 atom stereocenters. The molecule has 1 aliphatic rings. The van der Waals surface area contributed by atoms with Crippen LogP contribution >= 0.6 is 0 Å². The largest absolute Gasteiger partial charge is 0.493 e. The number of aryl methyl sites for hydroxylation is 2. The molecule has 3 heterocycles. The molecule has 1 unspecified atom stereocenters. The van der Waals surface area contributed by atoms with Crippen LogP contribution in [0.1, 0.15) is 49.1 Å². The summed E-state index contributed by atoms with van der Waals surface area (Å²) in [5.41, 5.74) is 7.36. The lowest BCUT2D eigenvalue weighted by molar-refractivity contribution is -0.160. The quantitative estimate of drug-likeness (QED) is 0.229. The Kier molecular flexibility index (Phi) is 7.05. The van der Waals surface area contributed by atoms with Gasteiger partial charge in [0.15, 0.2) is 6.10 Å². The summed E-state index contributed by atoms with van der Waals surface area (Å²) in [7, 11) is 3.82. The van der Waals surface area contributed by atoms with Crippen molar-refractivity contribution in [2.45, 2.75) is 52.7 Å². The van der Waals surface area contributed by atoms with Gasteiger partial charge in [-0.25, -0.2) is 14.8 Å². The molecule has 0 amide bonds. The van der Waals surface area contributed by atoms with Crippen LogP contribution in [0.5, 0.6) is 5.75 Å². The molecule has 8 nitrogen and oxygen atoms in total. The van der Waals surface area contributed by atoms with E-state index in [1.165, 1.54) is 5.56 Å². The van der Waals surface area contributed by atoms with Crippen LogP contribution in [0.25, 0.3) is 43.9 Å². The Morgan fingerprint density at radius 3 is 2.40 bits per heavy atom. The minimum Gasteiger partial charge on any atom is -0.493 e. The summed E-state index contributed by atoms with van der Waals surface area (Å²) in [4.78, 5) is 28.6. The van der Waals surface area contributed by atoms with Crippen LogP contribution < -0.4 is 9.64 Å². The zero-order chi connectivity index (χ0) is 30.6. The van der Waals surface area contributed by atoms with Crippen molar-refractivity contribution in [3.05, 3.63) is 77.2 Å². The van der Waals surface area contributed by atoms with Crippen molar-refractivity contribution in [3.8, 4) is 28.0 Å². The molecule has 220 valence electrons. The number of carbonyl (C=O) groups is 1. The second-order valence-electron chi connectivity index (χ2n) is 12.3. The number of nitrogens with zero attached hydrogens (tertiary/aromatic N) is 4. The van der Waals surface area contributed by atoms with Crippen molar-refractivity contribution in [1.29, 1.82) is 0 Å².